The Bertz CT molecular complexity index is 122. The van der Waals surface area contributed by atoms with Crippen molar-refractivity contribution in [1.29, 1.82) is 0 Å². The molecule has 0 aromatic carbocycles. The van der Waals surface area contributed by atoms with E-state index in [0.29, 0.717) is 12.8 Å². The molecule has 6 N–H and O–H groups in total. The first-order valence-corrected chi connectivity index (χ1v) is 3.40. The maximum atomic E-state index is 9.90. The summed E-state index contributed by atoms with van der Waals surface area (Å²) >= 11 is 0. The summed E-state index contributed by atoms with van der Waals surface area (Å²) in [6.07, 6.45) is 1.02. The molecule has 0 aliphatic heterocycles. The number of carboxylic acids is 2. The average molecular weight is 178 g/mol. The van der Waals surface area contributed by atoms with Crippen LogP contribution < -0.4 is 11.7 Å². The lowest BCUT2D eigenvalue weighted by Gasteiger charge is -1.92. The molecule has 0 fully saturated rings. The van der Waals surface area contributed by atoms with Crippen molar-refractivity contribution in [1.82, 2.24) is 0 Å². The second-order valence-electron chi connectivity index (χ2n) is 1.99. The van der Waals surface area contributed by atoms with Crippen LogP contribution in [-0.4, -0.2) is 22.2 Å². The third kappa shape index (κ3) is 15.9. The molecule has 0 unspecified atom stereocenters. The maximum Gasteiger partial charge on any atom is 0.303 e. The van der Waals surface area contributed by atoms with Crippen LogP contribution in [0.4, 0.5) is 0 Å². The Labute approximate surface area is 70.1 Å². The summed E-state index contributed by atoms with van der Waals surface area (Å²) in [6.45, 7) is 0. The van der Waals surface area contributed by atoms with Crippen molar-refractivity contribution >= 4 is 11.9 Å². The number of carboxylic acid groups (broad SMARTS) is 2. The van der Waals surface area contributed by atoms with E-state index < -0.39 is 11.9 Å². The van der Waals surface area contributed by atoms with Gasteiger partial charge in [0.05, 0.1) is 0 Å². The molecule has 0 rings (SSSR count). The predicted octanol–water partition coefficient (Wildman–Crippen LogP) is -0.465. The van der Waals surface area contributed by atoms with E-state index >= 15 is 0 Å². The summed E-state index contributed by atoms with van der Waals surface area (Å²) in [5, 5.41) is 16.3. The number of hydrazine groups is 1. The van der Waals surface area contributed by atoms with Crippen molar-refractivity contribution in [3.8, 4) is 0 Å². The third-order valence-corrected chi connectivity index (χ3v) is 1.03. The largest absolute Gasteiger partial charge is 0.481 e. The van der Waals surface area contributed by atoms with Crippen LogP contribution in [0.1, 0.15) is 25.7 Å². The normalized spacial score (nSPS) is 8.17. The van der Waals surface area contributed by atoms with Crippen LogP contribution in [0.5, 0.6) is 0 Å². The van der Waals surface area contributed by atoms with E-state index in [1.807, 2.05) is 0 Å². The highest BCUT2D eigenvalue weighted by Gasteiger charge is 1.99. The van der Waals surface area contributed by atoms with E-state index in [1.165, 1.54) is 0 Å². The van der Waals surface area contributed by atoms with E-state index in [-0.39, 0.29) is 12.8 Å². The van der Waals surface area contributed by atoms with E-state index in [0.717, 1.165) is 0 Å². The molecule has 0 bridgehead atoms. The van der Waals surface area contributed by atoms with E-state index in [9.17, 15) is 9.59 Å². The molecule has 0 aromatic rings. The quantitative estimate of drug-likeness (QED) is 0.256. The minimum Gasteiger partial charge on any atom is -0.481 e. The molecule has 0 heterocycles. The van der Waals surface area contributed by atoms with E-state index in [1.54, 1.807) is 0 Å². The monoisotopic (exact) mass is 178 g/mol. The van der Waals surface area contributed by atoms with Gasteiger partial charge in [0.15, 0.2) is 0 Å². The predicted molar refractivity (Wildman–Crippen MR) is 42.1 cm³/mol. The number of rotatable bonds is 5. The van der Waals surface area contributed by atoms with Crippen LogP contribution in [0.25, 0.3) is 0 Å². The molecule has 0 aromatic heterocycles. The standard InChI is InChI=1S/C6H10O4.H4N2/c7-5(8)3-1-2-4-6(9)10;1-2/h1-4H2,(H,7,8)(H,9,10);1-2H2. The number of hydrogen-bond acceptors (Lipinski definition) is 4. The number of nitrogens with two attached hydrogens (primary N) is 2. The van der Waals surface area contributed by atoms with Crippen LogP contribution in [0.15, 0.2) is 0 Å². The summed E-state index contributed by atoms with van der Waals surface area (Å²) in [4.78, 5) is 19.8. The Hall–Kier alpha value is -1.14. The Morgan fingerprint density at radius 1 is 0.917 bits per heavy atom. The molecule has 6 heteroatoms. The molecule has 0 aliphatic carbocycles. The molecule has 0 radical (unpaired) electrons. The lowest BCUT2D eigenvalue weighted by molar-refractivity contribution is -0.139. The van der Waals surface area contributed by atoms with Crippen LogP contribution >= 0.6 is 0 Å². The smallest absolute Gasteiger partial charge is 0.303 e. The summed E-state index contributed by atoms with van der Waals surface area (Å²) in [6, 6.07) is 0. The molecule has 0 amide bonds. The van der Waals surface area contributed by atoms with Gasteiger partial charge in [-0.05, 0) is 12.8 Å². The van der Waals surface area contributed by atoms with Crippen molar-refractivity contribution in [2.24, 2.45) is 11.7 Å². The number of unbranched alkanes of at least 4 members (excludes halogenated alkanes) is 1. The zero-order valence-electron chi connectivity index (χ0n) is 6.69. The van der Waals surface area contributed by atoms with Gasteiger partial charge >= 0.3 is 11.9 Å². The Kier molecular flexibility index (Phi) is 11.1. The second kappa shape index (κ2) is 9.86. The van der Waals surface area contributed by atoms with Gasteiger partial charge < -0.3 is 10.2 Å². The summed E-state index contributed by atoms with van der Waals surface area (Å²) in [5.74, 6) is 6.26. The molecule has 0 atom stereocenters. The van der Waals surface area contributed by atoms with Gasteiger partial charge in [0.25, 0.3) is 0 Å². The fourth-order valence-corrected chi connectivity index (χ4v) is 0.552. The molecule has 0 saturated carbocycles. The van der Waals surface area contributed by atoms with Gasteiger partial charge in [-0.25, -0.2) is 0 Å². The van der Waals surface area contributed by atoms with Gasteiger partial charge in [0.1, 0.15) is 0 Å². The third-order valence-electron chi connectivity index (χ3n) is 1.03. The number of hydrogen-bond donors (Lipinski definition) is 4. The first-order valence-electron chi connectivity index (χ1n) is 3.40. The first kappa shape index (κ1) is 13.4. The van der Waals surface area contributed by atoms with Crippen LogP contribution in [0.2, 0.25) is 0 Å². The highest BCUT2D eigenvalue weighted by molar-refractivity contribution is 5.67. The van der Waals surface area contributed by atoms with Gasteiger partial charge in [-0.15, -0.1) is 0 Å². The van der Waals surface area contributed by atoms with Crippen molar-refractivity contribution in [2.45, 2.75) is 25.7 Å². The van der Waals surface area contributed by atoms with E-state index in [4.69, 9.17) is 10.2 Å². The van der Waals surface area contributed by atoms with Crippen molar-refractivity contribution in [3.05, 3.63) is 0 Å². The fraction of sp³-hybridized carbons (Fsp3) is 0.667. The first-order chi connectivity index (χ1) is 5.63. The van der Waals surface area contributed by atoms with Gasteiger partial charge in [-0.2, -0.15) is 0 Å². The van der Waals surface area contributed by atoms with Crippen LogP contribution in [0.3, 0.4) is 0 Å². The molecule has 12 heavy (non-hydrogen) atoms. The number of carbonyl (C=O) groups is 2. The minimum absolute atomic E-state index is 0.0628. The molecule has 0 saturated heterocycles. The molecular weight excluding hydrogens is 164 g/mol. The van der Waals surface area contributed by atoms with Gasteiger partial charge in [-0.1, -0.05) is 0 Å². The van der Waals surface area contributed by atoms with Gasteiger partial charge in [0.2, 0.25) is 0 Å². The van der Waals surface area contributed by atoms with Crippen molar-refractivity contribution < 1.29 is 19.8 Å². The molecule has 6 nitrogen and oxygen atoms in total. The Morgan fingerprint density at radius 3 is 1.33 bits per heavy atom. The highest BCUT2D eigenvalue weighted by atomic mass is 16.4. The summed E-state index contributed by atoms with van der Waals surface area (Å²) in [5.41, 5.74) is 0. The summed E-state index contributed by atoms with van der Waals surface area (Å²) in [7, 11) is 0. The zero-order chi connectivity index (χ0) is 9.98. The Balaban J connectivity index is 0. The maximum absolute atomic E-state index is 9.90. The van der Waals surface area contributed by atoms with Crippen molar-refractivity contribution in [2.75, 3.05) is 0 Å². The lowest BCUT2D eigenvalue weighted by atomic mass is 10.2. The van der Waals surface area contributed by atoms with Crippen LogP contribution in [0, 0.1) is 0 Å². The Morgan fingerprint density at radius 2 is 1.17 bits per heavy atom. The topological polar surface area (TPSA) is 127 Å². The van der Waals surface area contributed by atoms with Gasteiger partial charge in [-0.3, -0.25) is 21.3 Å². The molecule has 0 aliphatic rings. The highest BCUT2D eigenvalue weighted by Crippen LogP contribution is 1.98. The van der Waals surface area contributed by atoms with E-state index in [2.05, 4.69) is 11.7 Å². The van der Waals surface area contributed by atoms with Crippen molar-refractivity contribution in [3.63, 3.8) is 0 Å². The zero-order valence-corrected chi connectivity index (χ0v) is 6.69. The second-order valence-corrected chi connectivity index (χ2v) is 1.99. The fourth-order valence-electron chi connectivity index (χ4n) is 0.552. The molecule has 72 valence electrons. The molecular formula is C6H14N2O4. The van der Waals surface area contributed by atoms with Gasteiger partial charge in [0, 0.05) is 12.8 Å². The SMILES string of the molecule is NN.O=C(O)CCCCC(=O)O. The van der Waals surface area contributed by atoms with Crippen LogP contribution in [-0.2, 0) is 9.59 Å². The minimum atomic E-state index is -0.870. The molecule has 0 spiro atoms. The average Bonchev–Trinajstić information content (AvgIpc) is 2.02. The number of aliphatic carboxylic acids is 2. The summed E-state index contributed by atoms with van der Waals surface area (Å²) < 4.78 is 0. The lowest BCUT2D eigenvalue weighted by Crippen LogP contribution is -2.02.